The number of aliphatic hydroxyl groups excluding tert-OH is 3. The molecule has 3 heteroatoms. The maximum atomic E-state index is 10.9. The average molecular weight is 308 g/mol. The van der Waals surface area contributed by atoms with Crippen LogP contribution in [0.5, 0.6) is 0 Å². The largest absolute Gasteiger partial charge is 0.393 e. The molecule has 4 fully saturated rings. The Kier molecular flexibility index (Phi) is 3.46. The van der Waals surface area contributed by atoms with E-state index >= 15 is 0 Å². The first-order chi connectivity index (χ1) is 10.4. The van der Waals surface area contributed by atoms with E-state index in [0.29, 0.717) is 23.7 Å². The second-order valence-electron chi connectivity index (χ2n) is 9.36. The Bertz CT molecular complexity index is 452. The van der Waals surface area contributed by atoms with Crippen molar-refractivity contribution in [1.29, 1.82) is 0 Å². The average Bonchev–Trinajstić information content (AvgIpc) is 2.77. The Balaban J connectivity index is 1.67. The molecule has 3 nitrogen and oxygen atoms in total. The molecule has 4 aliphatic carbocycles. The lowest BCUT2D eigenvalue weighted by Gasteiger charge is -2.62. The predicted octanol–water partition coefficient (Wildman–Crippen LogP) is 2.72. The third kappa shape index (κ3) is 1.91. The number of hydrogen-bond acceptors (Lipinski definition) is 3. The molecular weight excluding hydrogens is 276 g/mol. The molecule has 4 saturated carbocycles. The van der Waals surface area contributed by atoms with E-state index in [-0.39, 0.29) is 29.1 Å². The molecule has 9 atom stereocenters. The molecule has 0 bridgehead atoms. The summed E-state index contributed by atoms with van der Waals surface area (Å²) in [6.45, 7) is 4.69. The van der Waals surface area contributed by atoms with Crippen molar-refractivity contribution < 1.29 is 15.3 Å². The summed E-state index contributed by atoms with van der Waals surface area (Å²) in [6.07, 6.45) is 7.45. The minimum Gasteiger partial charge on any atom is -0.393 e. The molecule has 4 aliphatic rings. The standard InChI is InChI=1S/C19H32O3/c1-18-7-5-12(20)9-11(18)10-15(21)17-13-3-4-16(22)19(13,2)8-6-14(17)18/h11-17,20-22H,3-10H2,1-2H3/t11-,12+,13+,14+,15-,16-,17+,18+,19+/m1/s1. The van der Waals surface area contributed by atoms with E-state index in [1.165, 1.54) is 0 Å². The fourth-order valence-corrected chi connectivity index (χ4v) is 7.17. The first kappa shape index (κ1) is 15.4. The van der Waals surface area contributed by atoms with E-state index in [9.17, 15) is 15.3 Å². The fraction of sp³-hybridized carbons (Fsp3) is 1.00. The minimum atomic E-state index is -0.233. The molecular formula is C19H32O3. The van der Waals surface area contributed by atoms with Gasteiger partial charge in [0.25, 0.3) is 0 Å². The summed E-state index contributed by atoms with van der Waals surface area (Å²) >= 11 is 0. The second kappa shape index (κ2) is 4.94. The zero-order valence-electron chi connectivity index (χ0n) is 14.0. The molecule has 0 heterocycles. The molecule has 126 valence electrons. The van der Waals surface area contributed by atoms with Crippen LogP contribution in [0.3, 0.4) is 0 Å². The fourth-order valence-electron chi connectivity index (χ4n) is 7.17. The molecule has 0 saturated heterocycles. The van der Waals surface area contributed by atoms with Crippen LogP contribution in [0.1, 0.15) is 65.2 Å². The molecule has 0 spiro atoms. The molecule has 4 rings (SSSR count). The number of aliphatic hydroxyl groups is 3. The highest BCUT2D eigenvalue weighted by Gasteiger charge is 2.62. The Morgan fingerprint density at radius 3 is 2.23 bits per heavy atom. The van der Waals surface area contributed by atoms with E-state index < -0.39 is 0 Å². The summed E-state index contributed by atoms with van der Waals surface area (Å²) in [5.41, 5.74) is 0.317. The third-order valence-corrected chi connectivity index (χ3v) is 8.61. The number of rotatable bonds is 0. The quantitative estimate of drug-likeness (QED) is 0.645. The number of hydrogen-bond donors (Lipinski definition) is 3. The van der Waals surface area contributed by atoms with Gasteiger partial charge in [-0.15, -0.1) is 0 Å². The molecule has 0 aromatic carbocycles. The van der Waals surface area contributed by atoms with Gasteiger partial charge >= 0.3 is 0 Å². The van der Waals surface area contributed by atoms with Crippen LogP contribution in [-0.2, 0) is 0 Å². The van der Waals surface area contributed by atoms with Crippen molar-refractivity contribution in [3.05, 3.63) is 0 Å². The van der Waals surface area contributed by atoms with Crippen LogP contribution < -0.4 is 0 Å². The lowest BCUT2D eigenvalue weighted by atomic mass is 9.44. The van der Waals surface area contributed by atoms with Gasteiger partial charge in [-0.25, -0.2) is 0 Å². The van der Waals surface area contributed by atoms with Gasteiger partial charge in [-0.3, -0.25) is 0 Å². The van der Waals surface area contributed by atoms with Crippen molar-refractivity contribution in [2.75, 3.05) is 0 Å². The predicted molar refractivity (Wildman–Crippen MR) is 85.1 cm³/mol. The van der Waals surface area contributed by atoms with Gasteiger partial charge in [0.1, 0.15) is 0 Å². The molecule has 0 radical (unpaired) electrons. The van der Waals surface area contributed by atoms with Crippen LogP contribution in [0.4, 0.5) is 0 Å². The topological polar surface area (TPSA) is 60.7 Å². The van der Waals surface area contributed by atoms with Crippen molar-refractivity contribution >= 4 is 0 Å². The summed E-state index contributed by atoms with van der Waals surface area (Å²) in [6, 6.07) is 0. The van der Waals surface area contributed by atoms with E-state index in [2.05, 4.69) is 13.8 Å². The van der Waals surface area contributed by atoms with Crippen molar-refractivity contribution in [2.45, 2.75) is 83.5 Å². The second-order valence-corrected chi connectivity index (χ2v) is 9.36. The highest BCUT2D eigenvalue weighted by Crippen LogP contribution is 2.66. The Morgan fingerprint density at radius 1 is 0.773 bits per heavy atom. The van der Waals surface area contributed by atoms with Gasteiger partial charge in [0.05, 0.1) is 18.3 Å². The van der Waals surface area contributed by atoms with Crippen LogP contribution in [0.25, 0.3) is 0 Å². The van der Waals surface area contributed by atoms with E-state index in [1.807, 2.05) is 0 Å². The summed E-state index contributed by atoms with van der Waals surface area (Å²) in [7, 11) is 0. The maximum Gasteiger partial charge on any atom is 0.0596 e. The monoisotopic (exact) mass is 308 g/mol. The van der Waals surface area contributed by atoms with Crippen LogP contribution >= 0.6 is 0 Å². The van der Waals surface area contributed by atoms with E-state index in [4.69, 9.17) is 0 Å². The molecule has 0 unspecified atom stereocenters. The van der Waals surface area contributed by atoms with E-state index in [0.717, 1.165) is 51.4 Å². The van der Waals surface area contributed by atoms with Gasteiger partial charge in [-0.2, -0.15) is 0 Å². The van der Waals surface area contributed by atoms with Crippen LogP contribution in [0, 0.1) is 34.5 Å². The van der Waals surface area contributed by atoms with Gasteiger partial charge in [-0.1, -0.05) is 13.8 Å². The first-order valence-corrected chi connectivity index (χ1v) is 9.40. The smallest absolute Gasteiger partial charge is 0.0596 e. The van der Waals surface area contributed by atoms with Gasteiger partial charge in [0.2, 0.25) is 0 Å². The summed E-state index contributed by atoms with van der Waals surface area (Å²) in [4.78, 5) is 0. The molecule has 3 N–H and O–H groups in total. The maximum absolute atomic E-state index is 10.9. The van der Waals surface area contributed by atoms with Crippen molar-refractivity contribution in [2.24, 2.45) is 34.5 Å². The van der Waals surface area contributed by atoms with E-state index in [1.54, 1.807) is 0 Å². The normalized spacial score (nSPS) is 61.2. The highest BCUT2D eigenvalue weighted by molar-refractivity contribution is 5.11. The SMILES string of the molecule is C[C@]12CC[C@H](O)C[C@@H]1C[C@@H](O)[C@@H]1[C@@H]2CC[C@]2(C)[C@H](O)CC[C@@H]12. The Labute approximate surface area is 134 Å². The first-order valence-electron chi connectivity index (χ1n) is 9.40. The van der Waals surface area contributed by atoms with Crippen LogP contribution in [0.2, 0.25) is 0 Å². The van der Waals surface area contributed by atoms with Gasteiger partial charge < -0.3 is 15.3 Å². The Morgan fingerprint density at radius 2 is 1.45 bits per heavy atom. The summed E-state index contributed by atoms with van der Waals surface area (Å²) in [5.74, 6) is 1.91. The third-order valence-electron chi connectivity index (χ3n) is 8.61. The Hall–Kier alpha value is -0.120. The number of fused-ring (bicyclic) bond motifs is 5. The molecule has 0 aliphatic heterocycles. The molecule has 22 heavy (non-hydrogen) atoms. The van der Waals surface area contributed by atoms with Gasteiger partial charge in [-0.05, 0) is 85.9 Å². The lowest BCUT2D eigenvalue weighted by molar-refractivity contribution is -0.176. The van der Waals surface area contributed by atoms with Gasteiger partial charge in [0.15, 0.2) is 0 Å². The van der Waals surface area contributed by atoms with Crippen molar-refractivity contribution in [3.63, 3.8) is 0 Å². The van der Waals surface area contributed by atoms with Crippen molar-refractivity contribution in [1.82, 2.24) is 0 Å². The van der Waals surface area contributed by atoms with Crippen molar-refractivity contribution in [3.8, 4) is 0 Å². The molecule has 0 aromatic rings. The zero-order chi connectivity index (χ0) is 15.7. The van der Waals surface area contributed by atoms with Crippen LogP contribution in [0.15, 0.2) is 0 Å². The molecule has 0 amide bonds. The summed E-state index contributed by atoms with van der Waals surface area (Å²) < 4.78 is 0. The van der Waals surface area contributed by atoms with Crippen LogP contribution in [-0.4, -0.2) is 33.6 Å². The lowest BCUT2D eigenvalue weighted by Crippen LogP contribution is -2.58. The zero-order valence-corrected chi connectivity index (χ0v) is 14.0. The van der Waals surface area contributed by atoms with Gasteiger partial charge in [0, 0.05) is 0 Å². The minimum absolute atomic E-state index is 0.0273. The molecule has 0 aromatic heterocycles. The highest BCUT2D eigenvalue weighted by atomic mass is 16.3. The summed E-state index contributed by atoms with van der Waals surface area (Å²) in [5, 5.41) is 31.5.